The van der Waals surface area contributed by atoms with Gasteiger partial charge in [-0.1, -0.05) is 0 Å². The van der Waals surface area contributed by atoms with E-state index in [4.69, 9.17) is 5.73 Å². The number of aryl methyl sites for hydroxylation is 1. The van der Waals surface area contributed by atoms with E-state index in [9.17, 15) is 9.59 Å². The number of anilines is 2. The second-order valence-electron chi connectivity index (χ2n) is 5.86. The van der Waals surface area contributed by atoms with E-state index >= 15 is 0 Å². The first-order valence-corrected chi connectivity index (χ1v) is 8.84. The van der Waals surface area contributed by atoms with Crippen LogP contribution in [0.2, 0.25) is 0 Å². The number of nitrogens with zero attached hydrogens (tertiary/aromatic N) is 2. The van der Waals surface area contributed by atoms with E-state index in [0.29, 0.717) is 21.8 Å². The Hall–Kier alpha value is -2.41. The second kappa shape index (κ2) is 7.00. The van der Waals surface area contributed by atoms with E-state index in [2.05, 4.69) is 15.2 Å². The molecule has 1 saturated heterocycles. The Kier molecular flexibility index (Phi) is 4.80. The molecule has 2 aromatic rings. The minimum absolute atomic E-state index is 0.189. The third kappa shape index (κ3) is 3.41. The van der Waals surface area contributed by atoms with Gasteiger partial charge in [0.05, 0.1) is 22.5 Å². The van der Waals surface area contributed by atoms with Crippen molar-refractivity contribution in [2.24, 2.45) is 5.73 Å². The lowest BCUT2D eigenvalue weighted by Gasteiger charge is -2.30. The van der Waals surface area contributed by atoms with Gasteiger partial charge in [0, 0.05) is 18.8 Å². The molecule has 0 radical (unpaired) electrons. The highest BCUT2D eigenvalue weighted by Crippen LogP contribution is 2.28. The number of rotatable bonds is 4. The van der Waals surface area contributed by atoms with Crippen molar-refractivity contribution in [2.45, 2.75) is 26.2 Å². The van der Waals surface area contributed by atoms with E-state index in [1.807, 2.05) is 6.07 Å². The van der Waals surface area contributed by atoms with Gasteiger partial charge >= 0.3 is 0 Å². The van der Waals surface area contributed by atoms with E-state index < -0.39 is 5.91 Å². The van der Waals surface area contributed by atoms with E-state index in [1.165, 1.54) is 17.8 Å². The number of nitrogens with one attached hydrogen (secondary N) is 1. The van der Waals surface area contributed by atoms with E-state index in [-0.39, 0.29) is 5.91 Å². The minimum atomic E-state index is -0.452. The first-order valence-electron chi connectivity index (χ1n) is 7.96. The van der Waals surface area contributed by atoms with Crippen LogP contribution in [0.15, 0.2) is 23.7 Å². The molecule has 2 amide bonds. The van der Waals surface area contributed by atoms with Crippen molar-refractivity contribution < 1.29 is 9.59 Å². The Morgan fingerprint density at radius 2 is 2.00 bits per heavy atom. The fourth-order valence-electron chi connectivity index (χ4n) is 2.92. The largest absolute Gasteiger partial charge is 0.371 e. The van der Waals surface area contributed by atoms with Crippen LogP contribution in [-0.2, 0) is 0 Å². The molecule has 3 N–H and O–H groups in total. The maximum Gasteiger partial charge on any atom is 0.267 e. The monoisotopic (exact) mass is 344 g/mol. The molecule has 0 bridgehead atoms. The highest BCUT2D eigenvalue weighted by atomic mass is 32.1. The standard InChI is InChI=1S/C17H20N4O2S/c1-11-15(24-10-19-11)17(23)20-12-5-6-13(16(18)22)14(9-12)21-7-3-2-4-8-21/h5-6,9-10H,2-4,7-8H2,1H3,(H2,18,22)(H,20,23). The predicted molar refractivity (Wildman–Crippen MR) is 95.8 cm³/mol. The number of carbonyl (C=O) groups is 2. The highest BCUT2D eigenvalue weighted by Gasteiger charge is 2.19. The molecule has 126 valence electrons. The number of carbonyl (C=O) groups excluding carboxylic acids is 2. The second-order valence-corrected chi connectivity index (χ2v) is 6.72. The minimum Gasteiger partial charge on any atom is -0.371 e. The van der Waals surface area contributed by atoms with Gasteiger partial charge in [0.1, 0.15) is 4.88 Å². The zero-order valence-electron chi connectivity index (χ0n) is 13.5. The molecule has 1 aromatic heterocycles. The lowest BCUT2D eigenvalue weighted by Crippen LogP contribution is -2.31. The maximum absolute atomic E-state index is 12.4. The number of primary amides is 1. The van der Waals surface area contributed by atoms with Crippen molar-refractivity contribution in [1.29, 1.82) is 0 Å². The van der Waals surface area contributed by atoms with E-state index in [0.717, 1.165) is 31.6 Å². The number of nitrogens with two attached hydrogens (primary N) is 1. The molecule has 0 unspecified atom stereocenters. The zero-order chi connectivity index (χ0) is 17.1. The topological polar surface area (TPSA) is 88.3 Å². The molecule has 0 saturated carbocycles. The van der Waals surface area contributed by atoms with Crippen LogP contribution < -0.4 is 16.0 Å². The molecular formula is C17H20N4O2S. The van der Waals surface area contributed by atoms with E-state index in [1.54, 1.807) is 24.6 Å². The Morgan fingerprint density at radius 1 is 1.25 bits per heavy atom. The smallest absolute Gasteiger partial charge is 0.267 e. The molecule has 0 aliphatic carbocycles. The van der Waals surface area contributed by atoms with Crippen molar-refractivity contribution in [3.05, 3.63) is 39.8 Å². The molecule has 1 aromatic carbocycles. The maximum atomic E-state index is 12.4. The van der Waals surface area contributed by atoms with Crippen molar-refractivity contribution in [1.82, 2.24) is 4.98 Å². The van der Waals surface area contributed by atoms with Gasteiger partial charge in [-0.15, -0.1) is 11.3 Å². The van der Waals surface area contributed by atoms with Gasteiger partial charge < -0.3 is 16.0 Å². The van der Waals surface area contributed by atoms with Gasteiger partial charge in [-0.3, -0.25) is 9.59 Å². The fourth-order valence-corrected chi connectivity index (χ4v) is 3.62. The van der Waals surface area contributed by atoms with Crippen molar-refractivity contribution in [3.8, 4) is 0 Å². The average molecular weight is 344 g/mol. The summed E-state index contributed by atoms with van der Waals surface area (Å²) in [6, 6.07) is 5.23. The SMILES string of the molecule is Cc1ncsc1C(=O)Nc1ccc(C(N)=O)c(N2CCCCC2)c1. The highest BCUT2D eigenvalue weighted by molar-refractivity contribution is 7.12. The molecule has 0 spiro atoms. The summed E-state index contributed by atoms with van der Waals surface area (Å²) in [5.41, 5.74) is 9.81. The summed E-state index contributed by atoms with van der Waals surface area (Å²) in [6.07, 6.45) is 3.38. The molecule has 3 rings (SSSR count). The molecule has 1 fully saturated rings. The quantitative estimate of drug-likeness (QED) is 0.892. The van der Waals surface area contributed by atoms with Gasteiger partial charge in [0.2, 0.25) is 0 Å². The van der Waals surface area contributed by atoms with Crippen LogP contribution in [0.3, 0.4) is 0 Å². The molecule has 24 heavy (non-hydrogen) atoms. The number of aromatic nitrogens is 1. The number of hydrogen-bond acceptors (Lipinski definition) is 5. The number of piperidine rings is 1. The van der Waals surface area contributed by atoms with Gasteiger partial charge in [-0.05, 0) is 44.4 Å². The van der Waals surface area contributed by atoms with Crippen LogP contribution in [0.25, 0.3) is 0 Å². The number of thiazole rings is 1. The van der Waals surface area contributed by atoms with Gasteiger partial charge in [0.15, 0.2) is 0 Å². The van der Waals surface area contributed by atoms with Crippen molar-refractivity contribution >= 4 is 34.5 Å². The van der Waals surface area contributed by atoms with Gasteiger partial charge in [-0.25, -0.2) is 4.98 Å². The number of amides is 2. The molecular weight excluding hydrogens is 324 g/mol. The summed E-state index contributed by atoms with van der Waals surface area (Å²) in [6.45, 7) is 3.60. The van der Waals surface area contributed by atoms with Crippen LogP contribution in [0, 0.1) is 6.92 Å². The molecule has 7 heteroatoms. The third-order valence-electron chi connectivity index (χ3n) is 4.17. The summed E-state index contributed by atoms with van der Waals surface area (Å²) >= 11 is 1.31. The zero-order valence-corrected chi connectivity index (χ0v) is 14.4. The summed E-state index contributed by atoms with van der Waals surface area (Å²) in [5, 5.41) is 2.88. The Balaban J connectivity index is 1.88. The van der Waals surface area contributed by atoms with Crippen molar-refractivity contribution in [3.63, 3.8) is 0 Å². The van der Waals surface area contributed by atoms with Crippen LogP contribution in [0.4, 0.5) is 11.4 Å². The van der Waals surface area contributed by atoms with Gasteiger partial charge in [0.25, 0.3) is 11.8 Å². The summed E-state index contributed by atoms with van der Waals surface area (Å²) < 4.78 is 0. The van der Waals surface area contributed by atoms with Crippen LogP contribution in [0.1, 0.15) is 45.0 Å². The first-order chi connectivity index (χ1) is 11.6. The molecule has 0 atom stereocenters. The average Bonchev–Trinajstić information content (AvgIpc) is 3.01. The van der Waals surface area contributed by atoms with Crippen LogP contribution >= 0.6 is 11.3 Å². The van der Waals surface area contributed by atoms with Crippen LogP contribution in [0.5, 0.6) is 0 Å². The molecule has 6 nitrogen and oxygen atoms in total. The summed E-state index contributed by atoms with van der Waals surface area (Å²) in [4.78, 5) is 30.9. The molecule has 2 heterocycles. The number of hydrogen-bond donors (Lipinski definition) is 2. The molecule has 1 aliphatic heterocycles. The Morgan fingerprint density at radius 3 is 2.62 bits per heavy atom. The predicted octanol–water partition coefficient (Wildman–Crippen LogP) is 2.79. The van der Waals surface area contributed by atoms with Crippen LogP contribution in [-0.4, -0.2) is 29.9 Å². The third-order valence-corrected chi connectivity index (χ3v) is 5.10. The lowest BCUT2D eigenvalue weighted by molar-refractivity contribution is 0.0998. The number of benzene rings is 1. The fraction of sp³-hybridized carbons (Fsp3) is 0.353. The normalized spacial score (nSPS) is 14.5. The first kappa shape index (κ1) is 16.4. The Labute approximate surface area is 144 Å². The lowest BCUT2D eigenvalue weighted by atomic mass is 10.1. The van der Waals surface area contributed by atoms with Crippen molar-refractivity contribution in [2.75, 3.05) is 23.3 Å². The molecule has 1 aliphatic rings. The van der Waals surface area contributed by atoms with Gasteiger partial charge in [-0.2, -0.15) is 0 Å². The summed E-state index contributed by atoms with van der Waals surface area (Å²) in [7, 11) is 0. The summed E-state index contributed by atoms with van der Waals surface area (Å²) in [5.74, 6) is -0.641. The Bertz CT molecular complexity index is 766.